The number of hydrogen-bond acceptors (Lipinski definition) is 5. The van der Waals surface area contributed by atoms with Gasteiger partial charge in [0.25, 0.3) is 0 Å². The van der Waals surface area contributed by atoms with Crippen LogP contribution in [0.1, 0.15) is 32.1 Å². The van der Waals surface area contributed by atoms with Gasteiger partial charge in [-0.1, -0.05) is 0 Å². The summed E-state index contributed by atoms with van der Waals surface area (Å²) in [6.07, 6.45) is 2.83. The zero-order chi connectivity index (χ0) is 21.0. The fraction of sp³-hybridized carbons (Fsp3) is 0.550. The molecule has 2 fully saturated rings. The van der Waals surface area contributed by atoms with Crippen molar-refractivity contribution in [2.75, 3.05) is 38.1 Å². The molecule has 156 valence electrons. The minimum absolute atomic E-state index is 0.0542. The van der Waals surface area contributed by atoms with Gasteiger partial charge in [0.15, 0.2) is 0 Å². The lowest BCUT2D eigenvalue weighted by atomic mass is 9.98. The van der Waals surface area contributed by atoms with Crippen molar-refractivity contribution >= 4 is 27.5 Å². The molecule has 8 nitrogen and oxygen atoms in total. The molecule has 0 N–H and O–H groups in total. The first kappa shape index (κ1) is 21.3. The lowest BCUT2D eigenvalue weighted by Gasteiger charge is -2.33. The average molecular weight is 419 g/mol. The first-order valence-corrected chi connectivity index (χ1v) is 11.3. The molecule has 2 amide bonds. The molecule has 1 atom stereocenters. The third-order valence-electron chi connectivity index (χ3n) is 5.53. The number of piperidine rings is 1. The molecule has 2 heterocycles. The molecule has 9 heteroatoms. The van der Waals surface area contributed by atoms with Crippen molar-refractivity contribution < 1.29 is 18.0 Å². The first-order chi connectivity index (χ1) is 13.8. The third-order valence-corrected chi connectivity index (χ3v) is 7.41. The van der Waals surface area contributed by atoms with Crippen LogP contribution in [-0.4, -0.2) is 62.7 Å². The molecule has 2 aliphatic heterocycles. The van der Waals surface area contributed by atoms with Gasteiger partial charge in [-0.25, -0.2) is 8.42 Å². The van der Waals surface area contributed by atoms with Gasteiger partial charge in [-0.05, 0) is 43.5 Å². The number of anilines is 1. The lowest BCUT2D eigenvalue weighted by molar-refractivity contribution is -0.135. The van der Waals surface area contributed by atoms with Crippen LogP contribution in [0.15, 0.2) is 29.2 Å². The molecule has 1 aromatic rings. The largest absolute Gasteiger partial charge is 0.344 e. The van der Waals surface area contributed by atoms with Gasteiger partial charge in [-0.3, -0.25) is 9.59 Å². The standard InChI is InChI=1S/C20H26N4O4S/c1-22(12-4-11-21)20(26)16-5-2-13-23(15-16)29(27,28)18-9-7-17(8-10-18)24-14-3-6-19(24)25/h7-10,16H,2-6,12-15H2,1H3/t16-/m1/s1. The smallest absolute Gasteiger partial charge is 0.243 e. The van der Waals surface area contributed by atoms with Gasteiger partial charge >= 0.3 is 0 Å². The number of nitriles is 1. The molecule has 0 bridgehead atoms. The van der Waals surface area contributed by atoms with Gasteiger partial charge in [-0.2, -0.15) is 9.57 Å². The molecule has 2 aliphatic rings. The molecule has 0 aliphatic carbocycles. The fourth-order valence-corrected chi connectivity index (χ4v) is 5.39. The number of carbonyl (C=O) groups excluding carboxylic acids is 2. The highest BCUT2D eigenvalue weighted by molar-refractivity contribution is 7.89. The van der Waals surface area contributed by atoms with Crippen molar-refractivity contribution in [3.05, 3.63) is 24.3 Å². The van der Waals surface area contributed by atoms with E-state index in [2.05, 4.69) is 0 Å². The molecule has 1 aromatic carbocycles. The van der Waals surface area contributed by atoms with Crippen LogP contribution >= 0.6 is 0 Å². The van der Waals surface area contributed by atoms with Crippen LogP contribution in [0.25, 0.3) is 0 Å². The normalized spacial score (nSPS) is 20.5. The first-order valence-electron chi connectivity index (χ1n) is 9.87. The van der Waals surface area contributed by atoms with E-state index in [1.165, 1.54) is 21.3 Å². The van der Waals surface area contributed by atoms with Crippen LogP contribution in [0.2, 0.25) is 0 Å². The van der Waals surface area contributed by atoms with Crippen LogP contribution in [0.3, 0.4) is 0 Å². The number of benzene rings is 1. The number of nitrogens with zero attached hydrogens (tertiary/aromatic N) is 4. The molecule has 0 unspecified atom stereocenters. The van der Waals surface area contributed by atoms with Gasteiger partial charge in [0.05, 0.1) is 23.3 Å². The van der Waals surface area contributed by atoms with E-state index >= 15 is 0 Å². The summed E-state index contributed by atoms with van der Waals surface area (Å²) in [6.45, 7) is 1.51. The maximum absolute atomic E-state index is 13.1. The average Bonchev–Trinajstić information content (AvgIpc) is 3.17. The second-order valence-corrected chi connectivity index (χ2v) is 9.45. The summed E-state index contributed by atoms with van der Waals surface area (Å²) in [6, 6.07) is 8.40. The SMILES string of the molecule is CN(CCC#N)C(=O)[C@@H]1CCCN(S(=O)(=O)c2ccc(N3CCCC3=O)cc2)C1. The topological polar surface area (TPSA) is 102 Å². The Morgan fingerprint density at radius 3 is 2.59 bits per heavy atom. The van der Waals surface area contributed by atoms with E-state index in [0.717, 1.165) is 6.42 Å². The summed E-state index contributed by atoms with van der Waals surface area (Å²) in [5.74, 6) is -0.467. The number of sulfonamides is 1. The highest BCUT2D eigenvalue weighted by atomic mass is 32.2. The minimum Gasteiger partial charge on any atom is -0.344 e. The van der Waals surface area contributed by atoms with E-state index in [1.54, 1.807) is 24.1 Å². The highest BCUT2D eigenvalue weighted by Gasteiger charge is 2.34. The zero-order valence-electron chi connectivity index (χ0n) is 16.6. The summed E-state index contributed by atoms with van der Waals surface area (Å²) in [7, 11) is -2.07. The lowest BCUT2D eigenvalue weighted by Crippen LogP contribution is -2.46. The Morgan fingerprint density at radius 1 is 1.24 bits per heavy atom. The van der Waals surface area contributed by atoms with Gasteiger partial charge in [0, 0.05) is 45.3 Å². The molecule has 0 saturated carbocycles. The second kappa shape index (κ2) is 8.93. The Labute approximate surface area is 171 Å². The maximum Gasteiger partial charge on any atom is 0.243 e. The van der Waals surface area contributed by atoms with Gasteiger partial charge in [0.1, 0.15) is 0 Å². The summed E-state index contributed by atoms with van der Waals surface area (Å²) >= 11 is 0. The highest BCUT2D eigenvalue weighted by Crippen LogP contribution is 2.27. The summed E-state index contributed by atoms with van der Waals surface area (Å²) in [5.41, 5.74) is 0.706. The monoisotopic (exact) mass is 418 g/mol. The van der Waals surface area contributed by atoms with Crippen LogP contribution < -0.4 is 4.90 Å². The summed E-state index contributed by atoms with van der Waals surface area (Å²) in [5, 5.41) is 8.69. The molecule has 3 rings (SSSR count). The Balaban J connectivity index is 1.71. The van der Waals surface area contributed by atoms with E-state index in [9.17, 15) is 18.0 Å². The van der Waals surface area contributed by atoms with E-state index in [4.69, 9.17) is 5.26 Å². The summed E-state index contributed by atoms with van der Waals surface area (Å²) in [4.78, 5) is 27.8. The van der Waals surface area contributed by atoms with Crippen molar-refractivity contribution in [3.63, 3.8) is 0 Å². The van der Waals surface area contributed by atoms with Crippen molar-refractivity contribution in [2.45, 2.75) is 37.0 Å². The van der Waals surface area contributed by atoms with Gasteiger partial charge < -0.3 is 9.80 Å². The molecular formula is C20H26N4O4S. The Morgan fingerprint density at radius 2 is 1.97 bits per heavy atom. The van der Waals surface area contributed by atoms with E-state index < -0.39 is 15.9 Å². The van der Waals surface area contributed by atoms with Crippen molar-refractivity contribution in [1.82, 2.24) is 9.21 Å². The predicted molar refractivity (Wildman–Crippen MR) is 107 cm³/mol. The molecule has 2 saturated heterocycles. The number of amides is 2. The number of carbonyl (C=O) groups is 2. The minimum atomic E-state index is -3.72. The Kier molecular flexibility index (Phi) is 6.55. The molecule has 0 spiro atoms. The zero-order valence-corrected chi connectivity index (χ0v) is 17.4. The quantitative estimate of drug-likeness (QED) is 0.698. The van der Waals surface area contributed by atoms with Gasteiger partial charge in [-0.15, -0.1) is 0 Å². The number of rotatable bonds is 6. The van der Waals surface area contributed by atoms with Crippen LogP contribution in [-0.2, 0) is 19.6 Å². The molecule has 0 aromatic heterocycles. The second-order valence-electron chi connectivity index (χ2n) is 7.51. The van der Waals surface area contributed by atoms with E-state index in [1.807, 2.05) is 6.07 Å². The van der Waals surface area contributed by atoms with E-state index in [-0.39, 0.29) is 29.7 Å². The van der Waals surface area contributed by atoms with Gasteiger partial charge in [0.2, 0.25) is 21.8 Å². The Hall–Kier alpha value is -2.44. The van der Waals surface area contributed by atoms with E-state index in [0.29, 0.717) is 44.6 Å². The van der Waals surface area contributed by atoms with Crippen LogP contribution in [0, 0.1) is 17.2 Å². The third kappa shape index (κ3) is 4.60. The van der Waals surface area contributed by atoms with Crippen LogP contribution in [0.5, 0.6) is 0 Å². The molecule has 0 radical (unpaired) electrons. The fourth-order valence-electron chi connectivity index (χ4n) is 3.87. The summed E-state index contributed by atoms with van der Waals surface area (Å²) < 4.78 is 27.5. The Bertz CT molecular complexity index is 907. The maximum atomic E-state index is 13.1. The molecule has 29 heavy (non-hydrogen) atoms. The van der Waals surface area contributed by atoms with Crippen molar-refractivity contribution in [2.24, 2.45) is 5.92 Å². The predicted octanol–water partition coefficient (Wildman–Crippen LogP) is 1.59. The van der Waals surface area contributed by atoms with Crippen molar-refractivity contribution in [3.8, 4) is 6.07 Å². The van der Waals surface area contributed by atoms with Crippen LogP contribution in [0.4, 0.5) is 5.69 Å². The number of hydrogen-bond donors (Lipinski definition) is 0. The van der Waals surface area contributed by atoms with Crippen molar-refractivity contribution in [1.29, 1.82) is 5.26 Å². The molecular weight excluding hydrogens is 392 g/mol.